The molecule has 1 aliphatic heterocycles. The summed E-state index contributed by atoms with van der Waals surface area (Å²) in [6.07, 6.45) is 2.57. The number of hydrogen-bond donors (Lipinski definition) is 2. The number of hydrogen-bond acceptors (Lipinski definition) is 9. The molecule has 0 radical (unpaired) electrons. The maximum Gasteiger partial charge on any atom is 0.335 e. The molecular formula is C23H29N6O4P. The molecule has 0 fully saturated rings. The van der Waals surface area contributed by atoms with Gasteiger partial charge in [-0.05, 0) is 43.5 Å². The van der Waals surface area contributed by atoms with Crippen LogP contribution in [-0.2, 0) is 26.3 Å². The SMILES string of the molecule is C=C(C)c1nc(-n2cccn2)nc2c1NC(O)N2Cc1cccc(CP(=O)(OCC)OCC)c1. The average Bonchev–Trinajstić information content (AvgIpc) is 3.42. The Bertz CT molecular complexity index is 1210. The summed E-state index contributed by atoms with van der Waals surface area (Å²) in [6.45, 7) is 10.4. The van der Waals surface area contributed by atoms with E-state index in [1.54, 1.807) is 41.9 Å². The van der Waals surface area contributed by atoms with Crippen LogP contribution in [0.15, 0.2) is 49.3 Å². The molecular weight excluding hydrogens is 455 g/mol. The maximum atomic E-state index is 13.0. The van der Waals surface area contributed by atoms with Crippen LogP contribution in [0.4, 0.5) is 11.5 Å². The molecule has 2 N–H and O–H groups in total. The van der Waals surface area contributed by atoms with Crippen molar-refractivity contribution in [2.75, 3.05) is 23.4 Å². The first-order chi connectivity index (χ1) is 16.3. The van der Waals surface area contributed by atoms with Gasteiger partial charge in [0.05, 0.1) is 25.1 Å². The van der Waals surface area contributed by atoms with Gasteiger partial charge >= 0.3 is 7.60 Å². The van der Waals surface area contributed by atoms with Crippen molar-refractivity contribution in [3.05, 3.63) is 66.1 Å². The molecule has 3 aromatic rings. The molecule has 0 saturated heterocycles. The van der Waals surface area contributed by atoms with Crippen LogP contribution in [0.5, 0.6) is 0 Å². The van der Waals surface area contributed by atoms with Crippen LogP contribution >= 0.6 is 7.60 Å². The Hall–Kier alpha value is -3.04. The summed E-state index contributed by atoms with van der Waals surface area (Å²) in [7, 11) is -3.23. The third kappa shape index (κ3) is 5.05. The number of aliphatic hydroxyl groups excluding tert-OH is 1. The lowest BCUT2D eigenvalue weighted by molar-refractivity contribution is 0.201. The van der Waals surface area contributed by atoms with E-state index in [9.17, 15) is 9.67 Å². The fraction of sp³-hybridized carbons (Fsp3) is 0.348. The lowest BCUT2D eigenvalue weighted by atomic mass is 10.1. The van der Waals surface area contributed by atoms with E-state index in [4.69, 9.17) is 9.05 Å². The van der Waals surface area contributed by atoms with Crippen molar-refractivity contribution in [3.63, 3.8) is 0 Å². The second-order valence-electron chi connectivity index (χ2n) is 7.87. The zero-order valence-corrected chi connectivity index (χ0v) is 20.4. The number of nitrogens with zero attached hydrogens (tertiary/aromatic N) is 5. The highest BCUT2D eigenvalue weighted by Crippen LogP contribution is 2.51. The summed E-state index contributed by atoms with van der Waals surface area (Å²) in [5.74, 6) is 0.927. The van der Waals surface area contributed by atoms with Gasteiger partial charge in [-0.15, -0.1) is 0 Å². The molecule has 3 heterocycles. The Labute approximate surface area is 198 Å². The van der Waals surface area contributed by atoms with E-state index < -0.39 is 13.9 Å². The second-order valence-corrected chi connectivity index (χ2v) is 9.93. The number of fused-ring (bicyclic) bond motifs is 1. The normalized spacial score (nSPS) is 15.3. The Morgan fingerprint density at radius 3 is 2.59 bits per heavy atom. The minimum atomic E-state index is -3.23. The van der Waals surface area contributed by atoms with E-state index in [0.717, 1.165) is 16.7 Å². The standard InChI is InChI=1S/C23H29N6O4P/c1-5-32-34(31,33-6-2)15-18-10-7-9-17(13-18)14-28-21-20(26-23(28)30)19(16(3)4)25-22(27-21)29-12-8-11-24-29/h7-13,23,26,30H,3,5-6,14-15H2,1-2,4H3. The summed E-state index contributed by atoms with van der Waals surface area (Å²) in [4.78, 5) is 11.0. The molecule has 4 rings (SSSR count). The topological polar surface area (TPSA) is 115 Å². The molecule has 2 aromatic heterocycles. The maximum absolute atomic E-state index is 13.0. The van der Waals surface area contributed by atoms with Crippen molar-refractivity contribution in [1.29, 1.82) is 0 Å². The van der Waals surface area contributed by atoms with Crippen molar-refractivity contribution >= 4 is 24.7 Å². The molecule has 0 spiro atoms. The first kappa shape index (κ1) is 24.1. The van der Waals surface area contributed by atoms with E-state index in [1.807, 2.05) is 31.2 Å². The molecule has 1 unspecified atom stereocenters. The van der Waals surface area contributed by atoms with Gasteiger partial charge in [-0.25, -0.2) is 9.67 Å². The lowest BCUT2D eigenvalue weighted by Gasteiger charge is -2.22. The van der Waals surface area contributed by atoms with Gasteiger partial charge in [0, 0.05) is 18.9 Å². The Morgan fingerprint density at radius 2 is 1.94 bits per heavy atom. The molecule has 0 saturated carbocycles. The summed E-state index contributed by atoms with van der Waals surface area (Å²) in [6, 6.07) is 9.44. The second kappa shape index (κ2) is 10.1. The van der Waals surface area contributed by atoms with E-state index in [2.05, 4.69) is 27.0 Å². The van der Waals surface area contributed by atoms with Gasteiger partial charge < -0.3 is 24.4 Å². The zero-order chi connectivity index (χ0) is 24.3. The molecule has 34 heavy (non-hydrogen) atoms. The molecule has 1 aromatic carbocycles. The first-order valence-corrected chi connectivity index (χ1v) is 12.8. The molecule has 0 bridgehead atoms. The Kier molecular flexibility index (Phi) is 7.13. The van der Waals surface area contributed by atoms with Crippen LogP contribution in [0.1, 0.15) is 37.6 Å². The van der Waals surface area contributed by atoms with Crippen molar-refractivity contribution in [3.8, 4) is 5.95 Å². The fourth-order valence-electron chi connectivity index (χ4n) is 3.83. The number of anilines is 2. The molecule has 0 aliphatic carbocycles. The van der Waals surface area contributed by atoms with Crippen molar-refractivity contribution in [2.45, 2.75) is 39.8 Å². The van der Waals surface area contributed by atoms with Crippen LogP contribution in [-0.4, -0.2) is 44.4 Å². The third-order valence-corrected chi connectivity index (χ3v) is 7.26. The number of nitrogens with one attached hydrogen (secondary N) is 1. The molecule has 11 heteroatoms. The van der Waals surface area contributed by atoms with E-state index in [-0.39, 0.29) is 6.16 Å². The molecule has 1 aliphatic rings. The number of allylic oxidation sites excluding steroid dienone is 1. The molecule has 1 atom stereocenters. The van der Waals surface area contributed by atoms with E-state index in [0.29, 0.717) is 42.9 Å². The fourth-order valence-corrected chi connectivity index (χ4v) is 5.52. The quantitative estimate of drug-likeness (QED) is 0.409. The van der Waals surface area contributed by atoms with Crippen molar-refractivity contribution in [1.82, 2.24) is 19.7 Å². The summed E-state index contributed by atoms with van der Waals surface area (Å²) < 4.78 is 25.4. The van der Waals surface area contributed by atoms with Crippen LogP contribution in [0.3, 0.4) is 0 Å². The Morgan fingerprint density at radius 1 is 1.21 bits per heavy atom. The van der Waals surface area contributed by atoms with Gasteiger partial charge in [0.2, 0.25) is 6.35 Å². The first-order valence-electron chi connectivity index (χ1n) is 11.1. The smallest absolute Gasteiger partial charge is 0.335 e. The minimum absolute atomic E-state index is 0.172. The van der Waals surface area contributed by atoms with Gasteiger partial charge in [0.1, 0.15) is 5.69 Å². The molecule has 10 nitrogen and oxygen atoms in total. The highest BCUT2D eigenvalue weighted by atomic mass is 31.2. The number of aliphatic hydroxyl groups is 1. The zero-order valence-electron chi connectivity index (χ0n) is 19.5. The number of aromatic nitrogens is 4. The monoisotopic (exact) mass is 484 g/mol. The average molecular weight is 484 g/mol. The number of benzene rings is 1. The minimum Gasteiger partial charge on any atom is -0.356 e. The van der Waals surface area contributed by atoms with Gasteiger partial charge in [-0.3, -0.25) is 4.57 Å². The lowest BCUT2D eigenvalue weighted by Crippen LogP contribution is -2.35. The van der Waals surface area contributed by atoms with Crippen LogP contribution in [0.25, 0.3) is 11.5 Å². The van der Waals surface area contributed by atoms with E-state index in [1.165, 1.54) is 0 Å². The van der Waals surface area contributed by atoms with Crippen molar-refractivity contribution < 1.29 is 18.7 Å². The molecule has 180 valence electrons. The van der Waals surface area contributed by atoms with Gasteiger partial charge in [-0.1, -0.05) is 30.8 Å². The summed E-state index contributed by atoms with van der Waals surface area (Å²) >= 11 is 0. The van der Waals surface area contributed by atoms with Gasteiger partial charge in [0.15, 0.2) is 5.82 Å². The largest absolute Gasteiger partial charge is 0.356 e. The summed E-state index contributed by atoms with van der Waals surface area (Å²) in [5, 5.41) is 18.1. The predicted molar refractivity (Wildman–Crippen MR) is 131 cm³/mol. The highest BCUT2D eigenvalue weighted by Gasteiger charge is 2.33. The Balaban J connectivity index is 1.65. The van der Waals surface area contributed by atoms with Gasteiger partial charge in [-0.2, -0.15) is 10.1 Å². The third-order valence-electron chi connectivity index (χ3n) is 5.20. The van der Waals surface area contributed by atoms with Crippen LogP contribution < -0.4 is 10.2 Å². The van der Waals surface area contributed by atoms with Crippen molar-refractivity contribution in [2.24, 2.45) is 0 Å². The van der Waals surface area contributed by atoms with E-state index >= 15 is 0 Å². The predicted octanol–water partition coefficient (Wildman–Crippen LogP) is 4.17. The molecule has 0 amide bonds. The van der Waals surface area contributed by atoms with Crippen LogP contribution in [0, 0.1) is 0 Å². The van der Waals surface area contributed by atoms with Gasteiger partial charge in [0.25, 0.3) is 5.95 Å². The summed E-state index contributed by atoms with van der Waals surface area (Å²) in [5.41, 5.74) is 3.69. The highest BCUT2D eigenvalue weighted by molar-refractivity contribution is 7.53. The number of rotatable bonds is 10. The van der Waals surface area contributed by atoms with Crippen LogP contribution in [0.2, 0.25) is 0 Å².